The normalized spacial score (nSPS) is 20.3. The summed E-state index contributed by atoms with van der Waals surface area (Å²) in [6.45, 7) is 6.82. The van der Waals surface area contributed by atoms with Gasteiger partial charge in [-0.1, -0.05) is 43.3 Å². The minimum Gasteiger partial charge on any atom is -0.494 e. The second-order valence-electron chi connectivity index (χ2n) is 6.63. The summed E-state index contributed by atoms with van der Waals surface area (Å²) in [5.74, 6) is 1.84. The van der Waals surface area contributed by atoms with Gasteiger partial charge in [0.15, 0.2) is 0 Å². The van der Waals surface area contributed by atoms with E-state index in [1.54, 1.807) is 0 Å². The van der Waals surface area contributed by atoms with E-state index in [9.17, 15) is 4.79 Å². The maximum Gasteiger partial charge on any atom is 0.223 e. The predicted octanol–water partition coefficient (Wildman–Crippen LogP) is 4.59. The van der Waals surface area contributed by atoms with Gasteiger partial charge in [0, 0.05) is 5.92 Å². The van der Waals surface area contributed by atoms with Crippen LogP contribution in [-0.4, -0.2) is 12.5 Å². The molecule has 0 saturated heterocycles. The van der Waals surface area contributed by atoms with Crippen LogP contribution in [0.25, 0.3) is 11.1 Å². The maximum atomic E-state index is 12.1. The van der Waals surface area contributed by atoms with Crippen molar-refractivity contribution in [3.8, 4) is 16.9 Å². The van der Waals surface area contributed by atoms with Gasteiger partial charge in [-0.25, -0.2) is 0 Å². The Labute approximate surface area is 144 Å². The first-order valence-electron chi connectivity index (χ1n) is 8.72. The molecule has 0 heterocycles. The number of nitrogens with one attached hydrogen (secondary N) is 1. The lowest BCUT2D eigenvalue weighted by Gasteiger charge is -2.15. The van der Waals surface area contributed by atoms with Crippen LogP contribution in [0.15, 0.2) is 48.5 Å². The molecule has 3 nitrogen and oxygen atoms in total. The van der Waals surface area contributed by atoms with Crippen molar-refractivity contribution in [3.05, 3.63) is 54.1 Å². The third kappa shape index (κ3) is 3.78. The van der Waals surface area contributed by atoms with E-state index in [-0.39, 0.29) is 17.9 Å². The summed E-state index contributed by atoms with van der Waals surface area (Å²) in [5, 5.41) is 3.11. The fraction of sp³-hybridized carbons (Fsp3) is 0.381. The predicted molar refractivity (Wildman–Crippen MR) is 96.9 cm³/mol. The van der Waals surface area contributed by atoms with Gasteiger partial charge >= 0.3 is 0 Å². The van der Waals surface area contributed by atoms with Crippen LogP contribution in [0.3, 0.4) is 0 Å². The Morgan fingerprint density at radius 3 is 2.17 bits per heavy atom. The average molecular weight is 323 g/mol. The molecule has 3 unspecified atom stereocenters. The molecular weight excluding hydrogens is 298 g/mol. The molecule has 1 N–H and O–H groups in total. The highest BCUT2D eigenvalue weighted by molar-refractivity contribution is 5.81. The quantitative estimate of drug-likeness (QED) is 0.844. The van der Waals surface area contributed by atoms with Crippen molar-refractivity contribution in [2.45, 2.75) is 33.2 Å². The van der Waals surface area contributed by atoms with Gasteiger partial charge < -0.3 is 10.1 Å². The number of amides is 1. The summed E-state index contributed by atoms with van der Waals surface area (Å²) in [6, 6.07) is 16.6. The van der Waals surface area contributed by atoms with Gasteiger partial charge in [-0.15, -0.1) is 0 Å². The summed E-state index contributed by atoms with van der Waals surface area (Å²) in [4.78, 5) is 12.1. The molecule has 2 aromatic rings. The fourth-order valence-corrected chi connectivity index (χ4v) is 2.97. The standard InChI is InChI=1S/C21H25NO2/c1-4-24-19-11-9-18(10-12-19)17-7-5-16(6-8-17)15(3)22-21(23)20-13-14(20)2/h5-12,14-15,20H,4,13H2,1-3H3,(H,22,23). The molecule has 1 amide bonds. The van der Waals surface area contributed by atoms with E-state index >= 15 is 0 Å². The van der Waals surface area contributed by atoms with E-state index < -0.39 is 0 Å². The van der Waals surface area contributed by atoms with Crippen LogP contribution >= 0.6 is 0 Å². The highest BCUT2D eigenvalue weighted by Gasteiger charge is 2.39. The van der Waals surface area contributed by atoms with Crippen LogP contribution in [-0.2, 0) is 4.79 Å². The molecule has 0 bridgehead atoms. The lowest BCUT2D eigenvalue weighted by molar-refractivity contribution is -0.123. The molecule has 3 rings (SSSR count). The number of hydrogen-bond donors (Lipinski definition) is 1. The fourth-order valence-electron chi connectivity index (χ4n) is 2.97. The molecule has 2 aromatic carbocycles. The van der Waals surface area contributed by atoms with Gasteiger partial charge in [0.25, 0.3) is 0 Å². The number of rotatable bonds is 6. The molecule has 1 aliphatic carbocycles. The summed E-state index contributed by atoms with van der Waals surface area (Å²) in [5.41, 5.74) is 3.45. The zero-order valence-corrected chi connectivity index (χ0v) is 14.6. The summed E-state index contributed by atoms with van der Waals surface area (Å²) in [7, 11) is 0. The Hall–Kier alpha value is -2.29. The monoisotopic (exact) mass is 323 g/mol. The first kappa shape index (κ1) is 16.6. The van der Waals surface area contributed by atoms with Gasteiger partial charge in [-0.05, 0) is 55.0 Å². The first-order valence-corrected chi connectivity index (χ1v) is 8.72. The third-order valence-corrected chi connectivity index (χ3v) is 4.71. The highest BCUT2D eigenvalue weighted by atomic mass is 16.5. The minimum absolute atomic E-state index is 0.0414. The van der Waals surface area contributed by atoms with Crippen LogP contribution in [0.2, 0.25) is 0 Å². The SMILES string of the molecule is CCOc1ccc(-c2ccc(C(C)NC(=O)C3CC3C)cc2)cc1. The van der Waals surface area contributed by atoms with Crippen molar-refractivity contribution in [2.75, 3.05) is 6.61 Å². The molecule has 126 valence electrons. The van der Waals surface area contributed by atoms with Crippen LogP contribution in [0.5, 0.6) is 5.75 Å². The Bertz CT molecular complexity index is 691. The van der Waals surface area contributed by atoms with E-state index in [4.69, 9.17) is 4.74 Å². The molecule has 0 aliphatic heterocycles. The zero-order chi connectivity index (χ0) is 17.1. The number of benzene rings is 2. The van der Waals surface area contributed by atoms with Gasteiger partial charge in [-0.3, -0.25) is 4.79 Å². The van der Waals surface area contributed by atoms with E-state index in [0.29, 0.717) is 12.5 Å². The maximum absolute atomic E-state index is 12.1. The smallest absolute Gasteiger partial charge is 0.223 e. The van der Waals surface area contributed by atoms with Gasteiger partial charge in [0.05, 0.1) is 12.6 Å². The molecule has 3 heteroatoms. The Balaban J connectivity index is 1.65. The van der Waals surface area contributed by atoms with E-state index in [2.05, 4.69) is 48.6 Å². The van der Waals surface area contributed by atoms with Crippen molar-refractivity contribution in [2.24, 2.45) is 11.8 Å². The van der Waals surface area contributed by atoms with Crippen molar-refractivity contribution >= 4 is 5.91 Å². The molecule has 0 aromatic heterocycles. The van der Waals surface area contributed by atoms with E-state index in [1.165, 1.54) is 0 Å². The highest BCUT2D eigenvalue weighted by Crippen LogP contribution is 2.38. The van der Waals surface area contributed by atoms with Crippen LogP contribution in [0.4, 0.5) is 0 Å². The molecule has 1 saturated carbocycles. The Morgan fingerprint density at radius 2 is 1.67 bits per heavy atom. The lowest BCUT2D eigenvalue weighted by Crippen LogP contribution is -2.28. The molecule has 1 aliphatic rings. The second kappa shape index (κ2) is 7.08. The third-order valence-electron chi connectivity index (χ3n) is 4.71. The van der Waals surface area contributed by atoms with Crippen LogP contribution in [0.1, 0.15) is 38.8 Å². The van der Waals surface area contributed by atoms with E-state index in [0.717, 1.165) is 28.9 Å². The molecule has 24 heavy (non-hydrogen) atoms. The van der Waals surface area contributed by atoms with Crippen LogP contribution < -0.4 is 10.1 Å². The molecule has 0 spiro atoms. The van der Waals surface area contributed by atoms with Gasteiger partial charge in [-0.2, -0.15) is 0 Å². The van der Waals surface area contributed by atoms with Crippen molar-refractivity contribution in [1.29, 1.82) is 0 Å². The van der Waals surface area contributed by atoms with Crippen LogP contribution in [0, 0.1) is 11.8 Å². The Kier molecular flexibility index (Phi) is 4.89. The van der Waals surface area contributed by atoms with Crippen molar-refractivity contribution < 1.29 is 9.53 Å². The number of carbonyl (C=O) groups is 1. The Morgan fingerprint density at radius 1 is 1.12 bits per heavy atom. The lowest BCUT2D eigenvalue weighted by atomic mass is 10.0. The first-order chi connectivity index (χ1) is 11.6. The second-order valence-corrected chi connectivity index (χ2v) is 6.63. The summed E-state index contributed by atoms with van der Waals surface area (Å²) < 4.78 is 5.48. The van der Waals surface area contributed by atoms with E-state index in [1.807, 2.05) is 26.0 Å². The largest absolute Gasteiger partial charge is 0.494 e. The van der Waals surface area contributed by atoms with Crippen molar-refractivity contribution in [1.82, 2.24) is 5.32 Å². The number of carbonyl (C=O) groups excluding carboxylic acids is 1. The zero-order valence-electron chi connectivity index (χ0n) is 14.6. The molecule has 3 atom stereocenters. The van der Waals surface area contributed by atoms with Crippen molar-refractivity contribution in [3.63, 3.8) is 0 Å². The molecular formula is C21H25NO2. The minimum atomic E-state index is 0.0414. The topological polar surface area (TPSA) is 38.3 Å². The number of hydrogen-bond acceptors (Lipinski definition) is 2. The summed E-state index contributed by atoms with van der Waals surface area (Å²) >= 11 is 0. The van der Waals surface area contributed by atoms with Gasteiger partial charge in [0.1, 0.15) is 5.75 Å². The molecule has 1 fully saturated rings. The van der Waals surface area contributed by atoms with Gasteiger partial charge in [0.2, 0.25) is 5.91 Å². The summed E-state index contributed by atoms with van der Waals surface area (Å²) in [6.07, 6.45) is 1.02. The number of ether oxygens (including phenoxy) is 1. The molecule has 0 radical (unpaired) electrons. The average Bonchev–Trinajstić information content (AvgIpc) is 3.33.